The quantitative estimate of drug-likeness (QED) is 0.0889. The first kappa shape index (κ1) is 35.3. The number of imidazole rings is 1. The van der Waals surface area contributed by atoms with Crippen molar-refractivity contribution < 1.29 is 33.7 Å². The van der Waals surface area contributed by atoms with Gasteiger partial charge in [-0.3, -0.25) is 19.3 Å². The Morgan fingerprint density at radius 3 is 2.56 bits per heavy atom. The van der Waals surface area contributed by atoms with E-state index in [9.17, 15) is 24.3 Å². The van der Waals surface area contributed by atoms with Gasteiger partial charge < -0.3 is 36.5 Å². The molecule has 2 atom stereocenters. The van der Waals surface area contributed by atoms with E-state index in [1.807, 2.05) is 0 Å². The first-order valence-electron chi connectivity index (χ1n) is 11.6. The number of nitrogens with one attached hydrogen (secondary N) is 2. The fraction of sp³-hybridized carbons (Fsp3) is 0.217. The van der Waals surface area contributed by atoms with Crippen molar-refractivity contribution >= 4 is 94.9 Å². The zero-order chi connectivity index (χ0) is 28.4. The Morgan fingerprint density at radius 2 is 1.98 bits per heavy atom. The number of amides is 3. The lowest BCUT2D eigenvalue weighted by molar-refractivity contribution is -0.689. The zero-order valence-corrected chi connectivity index (χ0v) is 25.8. The number of hydrogen-bond donors (Lipinski definition) is 4. The number of aromatic amines is 1. The van der Waals surface area contributed by atoms with Crippen molar-refractivity contribution in [3.63, 3.8) is 0 Å². The van der Waals surface area contributed by atoms with E-state index in [4.69, 9.17) is 16.3 Å². The summed E-state index contributed by atoms with van der Waals surface area (Å²) in [7, 11) is 0. The van der Waals surface area contributed by atoms with E-state index in [1.54, 1.807) is 23.2 Å². The smallest absolute Gasteiger partial charge is 0.276 e. The number of carbonyl (C=O) groups excluding carboxylic acids is 4. The SMILES string of the molecule is Cl.Cl.Cl.NC(=O)c1cc[n+](CC2=C(C(=O)[O-])N3C(=O)C(NC(=O)C(=NOCc4c[nH]cn4)c4csc(N)n4)[C@@H]3SC2)cc1. The summed E-state index contributed by atoms with van der Waals surface area (Å²) < 4.78 is 1.65. The van der Waals surface area contributed by atoms with Gasteiger partial charge >= 0.3 is 0 Å². The highest BCUT2D eigenvalue weighted by atomic mass is 35.5. The number of oxime groups is 1. The van der Waals surface area contributed by atoms with Crippen LogP contribution in [-0.4, -0.2) is 66.4 Å². The number of carboxylic acid groups (broad SMARTS) is 1. The summed E-state index contributed by atoms with van der Waals surface area (Å²) in [5, 5.41) is 19.6. The molecule has 0 radical (unpaired) electrons. The molecule has 20 heteroatoms. The number of nitrogen functional groups attached to an aromatic ring is 1. The lowest BCUT2D eigenvalue weighted by Crippen LogP contribution is -2.71. The topological polar surface area (TPSA) is 226 Å². The van der Waals surface area contributed by atoms with Crippen molar-refractivity contribution in [3.05, 3.63) is 70.7 Å². The molecule has 2 aliphatic heterocycles. The standard InChI is InChI=1S/C23H21N9O6S2.3ClH/c24-18(33)11-1-3-31(4-2-11)6-12-8-39-21-16(20(35)32(21)17(12)22(36)37)29-19(34)15(14-9-40-23(25)28-14)30-38-7-13-5-26-10-27-13;;;/h1-5,9-10,16,21H,6-8H2,(H6-,24,25,26,27,28,29,33,34,36,37);3*1H/t16?,21-;;;/m0.../s1. The average Bonchev–Trinajstić information content (AvgIpc) is 3.61. The lowest BCUT2D eigenvalue weighted by Gasteiger charge is -2.50. The normalized spacial score (nSPS) is 17.3. The minimum atomic E-state index is -1.51. The molecule has 1 unspecified atom stereocenters. The van der Waals surface area contributed by atoms with Crippen molar-refractivity contribution in [2.75, 3.05) is 11.5 Å². The van der Waals surface area contributed by atoms with Crippen LogP contribution in [0.1, 0.15) is 21.7 Å². The molecular weight excluding hydrogens is 669 g/mol. The number of rotatable bonds is 10. The highest BCUT2D eigenvalue weighted by Gasteiger charge is 2.53. The van der Waals surface area contributed by atoms with Crippen LogP contribution in [0.4, 0.5) is 5.13 Å². The molecule has 3 aromatic heterocycles. The zero-order valence-electron chi connectivity index (χ0n) is 21.7. The summed E-state index contributed by atoms with van der Waals surface area (Å²) in [5.41, 5.74) is 11.9. The fourth-order valence-corrected chi connectivity index (χ4v) is 5.97. The summed E-state index contributed by atoms with van der Waals surface area (Å²) >= 11 is 2.38. The first-order chi connectivity index (χ1) is 19.2. The molecule has 3 aromatic rings. The Labute approximate surface area is 270 Å². The number of primary amides is 1. The molecule has 0 saturated carbocycles. The third-order valence-electron chi connectivity index (χ3n) is 5.98. The second kappa shape index (κ2) is 15.0. The number of H-pyrrole nitrogens is 1. The Kier molecular flexibility index (Phi) is 12.3. The molecule has 15 nitrogen and oxygen atoms in total. The lowest BCUT2D eigenvalue weighted by atomic mass is 10.0. The Balaban J connectivity index is 0.00000215. The van der Waals surface area contributed by atoms with Crippen molar-refractivity contribution in [3.8, 4) is 0 Å². The molecule has 1 fully saturated rings. The number of aliphatic carboxylic acids is 1. The van der Waals surface area contributed by atoms with E-state index in [1.165, 1.54) is 35.6 Å². The third-order valence-corrected chi connectivity index (χ3v) is 7.99. The summed E-state index contributed by atoms with van der Waals surface area (Å²) in [5.74, 6) is -3.22. The second-order valence-corrected chi connectivity index (χ2v) is 10.6. The predicted octanol–water partition coefficient (Wildman–Crippen LogP) is -0.875. The largest absolute Gasteiger partial charge is 0.543 e. The summed E-state index contributed by atoms with van der Waals surface area (Å²) in [4.78, 5) is 66.9. The number of β-lactam (4-membered cyclic amide) rings is 1. The maximum Gasteiger partial charge on any atom is 0.276 e. The monoisotopic (exact) mass is 691 g/mol. The molecule has 6 N–H and O–H groups in total. The number of anilines is 1. The molecular formula is C23H24Cl3N9O6S2. The van der Waals surface area contributed by atoms with Gasteiger partial charge in [-0.05, 0) is 0 Å². The van der Waals surface area contributed by atoms with Crippen LogP contribution < -0.4 is 26.5 Å². The van der Waals surface area contributed by atoms with Crippen LogP contribution in [0.25, 0.3) is 0 Å². The molecule has 0 spiro atoms. The number of nitrogens with two attached hydrogens (primary N) is 2. The molecule has 5 heterocycles. The van der Waals surface area contributed by atoms with Crippen molar-refractivity contribution in [2.45, 2.75) is 24.6 Å². The van der Waals surface area contributed by atoms with Crippen LogP contribution in [0.15, 0.2) is 58.9 Å². The van der Waals surface area contributed by atoms with Gasteiger partial charge in [0.15, 0.2) is 36.4 Å². The highest BCUT2D eigenvalue weighted by Crippen LogP contribution is 2.40. The molecule has 1 saturated heterocycles. The summed E-state index contributed by atoms with van der Waals surface area (Å²) in [6, 6.07) is 1.99. The Hall–Kier alpha value is -3.90. The molecule has 0 aromatic carbocycles. The summed E-state index contributed by atoms with van der Waals surface area (Å²) in [6.07, 6.45) is 6.23. The van der Waals surface area contributed by atoms with Gasteiger partial charge in [0, 0.05) is 35.0 Å². The van der Waals surface area contributed by atoms with E-state index in [0.29, 0.717) is 16.8 Å². The number of fused-ring (bicyclic) bond motifs is 1. The minimum Gasteiger partial charge on any atom is -0.543 e. The maximum atomic E-state index is 13.2. The van der Waals surface area contributed by atoms with Crippen molar-refractivity contribution in [1.29, 1.82) is 0 Å². The fourth-order valence-electron chi connectivity index (χ4n) is 4.08. The Bertz CT molecular complexity index is 1550. The Morgan fingerprint density at radius 1 is 1.26 bits per heavy atom. The van der Waals surface area contributed by atoms with Crippen LogP contribution >= 0.6 is 60.3 Å². The second-order valence-electron chi connectivity index (χ2n) is 8.57. The number of pyridine rings is 1. The van der Waals surface area contributed by atoms with Crippen LogP contribution in [0.5, 0.6) is 0 Å². The number of nitrogens with zero attached hydrogens (tertiary/aromatic N) is 5. The van der Waals surface area contributed by atoms with E-state index < -0.39 is 35.1 Å². The van der Waals surface area contributed by atoms with E-state index >= 15 is 0 Å². The van der Waals surface area contributed by atoms with E-state index in [0.717, 1.165) is 16.2 Å². The van der Waals surface area contributed by atoms with Crippen LogP contribution in [0, 0.1) is 0 Å². The van der Waals surface area contributed by atoms with Crippen LogP contribution in [-0.2, 0) is 32.4 Å². The van der Waals surface area contributed by atoms with Gasteiger partial charge in [0.25, 0.3) is 11.8 Å². The van der Waals surface area contributed by atoms with Gasteiger partial charge in [0.2, 0.25) is 5.91 Å². The van der Waals surface area contributed by atoms with Crippen LogP contribution in [0.2, 0.25) is 0 Å². The third kappa shape index (κ3) is 7.55. The summed E-state index contributed by atoms with van der Waals surface area (Å²) in [6.45, 7) is 0.110. The van der Waals surface area contributed by atoms with E-state index in [2.05, 4.69) is 25.4 Å². The maximum absolute atomic E-state index is 13.2. The van der Waals surface area contributed by atoms with Crippen LogP contribution in [0.3, 0.4) is 0 Å². The predicted molar refractivity (Wildman–Crippen MR) is 160 cm³/mol. The number of aromatic nitrogens is 4. The number of carboxylic acids is 1. The van der Waals surface area contributed by atoms with Gasteiger partial charge in [-0.15, -0.1) is 60.3 Å². The molecule has 5 rings (SSSR count). The number of halogens is 3. The van der Waals surface area contributed by atoms with Gasteiger partial charge in [-0.2, -0.15) is 0 Å². The van der Waals surface area contributed by atoms with Crippen molar-refractivity contribution in [2.24, 2.45) is 10.9 Å². The number of thioether (sulfide) groups is 1. The molecule has 2 aliphatic rings. The first-order valence-corrected chi connectivity index (χ1v) is 13.5. The van der Waals surface area contributed by atoms with Gasteiger partial charge in [0.05, 0.1) is 29.3 Å². The average molecular weight is 693 g/mol. The highest BCUT2D eigenvalue weighted by molar-refractivity contribution is 8.00. The molecule has 3 amide bonds. The van der Waals surface area contributed by atoms with Crippen molar-refractivity contribution in [1.82, 2.24) is 25.2 Å². The molecule has 0 aliphatic carbocycles. The molecule has 43 heavy (non-hydrogen) atoms. The number of thiazole rings is 1. The molecule has 230 valence electrons. The minimum absolute atomic E-state index is 0. The number of carbonyl (C=O) groups is 4. The van der Waals surface area contributed by atoms with Gasteiger partial charge in [-0.25, -0.2) is 14.5 Å². The molecule has 0 bridgehead atoms. The van der Waals surface area contributed by atoms with Gasteiger partial charge in [0.1, 0.15) is 17.1 Å². The van der Waals surface area contributed by atoms with Gasteiger partial charge in [-0.1, -0.05) is 5.16 Å². The number of hydrogen-bond acceptors (Lipinski definition) is 12. The van der Waals surface area contributed by atoms with E-state index in [-0.39, 0.29) is 78.4 Å².